The number of urea groups is 1. The van der Waals surface area contributed by atoms with E-state index in [-0.39, 0.29) is 0 Å². The minimum absolute atomic E-state index is 0.518. The molecule has 0 fully saturated rings. The number of hydrogen-bond donors (Lipinski definition) is 3. The van der Waals surface area contributed by atoms with Gasteiger partial charge in [-0.25, -0.2) is 4.79 Å². The van der Waals surface area contributed by atoms with Gasteiger partial charge in [0.2, 0.25) is 5.91 Å². The highest BCUT2D eigenvalue weighted by atomic mass is 19.4. The van der Waals surface area contributed by atoms with E-state index in [4.69, 9.17) is 5.11 Å². The number of aliphatic carboxylic acids is 1. The second-order valence-electron chi connectivity index (χ2n) is 4.17. The van der Waals surface area contributed by atoms with Gasteiger partial charge in [-0.05, 0) is 13.8 Å². The quantitative estimate of drug-likeness (QED) is 0.651. The number of halogens is 3. The topological polar surface area (TPSA) is 98.7 Å². The van der Waals surface area contributed by atoms with E-state index in [1.807, 2.05) is 10.6 Å². The van der Waals surface area contributed by atoms with Gasteiger partial charge in [0.25, 0.3) is 0 Å². The third kappa shape index (κ3) is 8.16. The third-order valence-corrected chi connectivity index (χ3v) is 2.07. The normalized spacial score (nSPS) is 11.1. The number of carbonyl (C=O) groups excluding carboxylic acids is 2. The molecule has 10 heteroatoms. The molecule has 0 saturated carbocycles. The van der Waals surface area contributed by atoms with Gasteiger partial charge >= 0.3 is 18.2 Å². The van der Waals surface area contributed by atoms with Gasteiger partial charge < -0.3 is 20.6 Å². The minimum Gasteiger partial charge on any atom is -0.480 e. The van der Waals surface area contributed by atoms with E-state index in [2.05, 4.69) is 0 Å². The van der Waals surface area contributed by atoms with Crippen LogP contribution in [0.3, 0.4) is 0 Å². The van der Waals surface area contributed by atoms with E-state index in [9.17, 15) is 27.6 Å². The lowest BCUT2D eigenvalue weighted by atomic mass is 10.3. The molecule has 3 N–H and O–H groups in total. The standard InChI is InChI=1S/C10H16F3N3O4/c1-6(2)16(5-10(11,12)13)9(20)15-3-7(17)14-4-8(18)19/h6H,3-5H2,1-2H3,(H,14,17)(H,15,20)(H,18,19). The van der Waals surface area contributed by atoms with Gasteiger partial charge in [-0.15, -0.1) is 0 Å². The molecule has 0 aromatic carbocycles. The van der Waals surface area contributed by atoms with E-state index in [0.29, 0.717) is 4.90 Å². The molecule has 0 bridgehead atoms. The van der Waals surface area contributed by atoms with Crippen molar-refractivity contribution in [1.82, 2.24) is 15.5 Å². The number of rotatable bonds is 6. The Balaban J connectivity index is 4.34. The summed E-state index contributed by atoms with van der Waals surface area (Å²) < 4.78 is 36.8. The van der Waals surface area contributed by atoms with Crippen molar-refractivity contribution < 1.29 is 32.7 Å². The molecule has 0 aliphatic heterocycles. The lowest BCUT2D eigenvalue weighted by Crippen LogP contribution is -2.50. The van der Waals surface area contributed by atoms with E-state index >= 15 is 0 Å². The molecule has 116 valence electrons. The van der Waals surface area contributed by atoms with Crippen molar-refractivity contribution in [2.75, 3.05) is 19.6 Å². The van der Waals surface area contributed by atoms with E-state index < -0.39 is 49.8 Å². The van der Waals surface area contributed by atoms with Gasteiger partial charge in [0.15, 0.2) is 0 Å². The highest BCUT2D eigenvalue weighted by molar-refractivity contribution is 5.86. The summed E-state index contributed by atoms with van der Waals surface area (Å²) in [4.78, 5) is 33.3. The molecular formula is C10H16F3N3O4. The lowest BCUT2D eigenvalue weighted by Gasteiger charge is -2.27. The fourth-order valence-corrected chi connectivity index (χ4v) is 1.18. The van der Waals surface area contributed by atoms with Crippen LogP contribution in [-0.2, 0) is 9.59 Å². The molecule has 0 aromatic heterocycles. The molecule has 0 aliphatic carbocycles. The first-order valence-electron chi connectivity index (χ1n) is 5.62. The van der Waals surface area contributed by atoms with Crippen molar-refractivity contribution in [2.24, 2.45) is 0 Å². The molecule has 0 radical (unpaired) electrons. The average molecular weight is 299 g/mol. The highest BCUT2D eigenvalue weighted by Crippen LogP contribution is 2.17. The number of nitrogens with one attached hydrogen (secondary N) is 2. The largest absolute Gasteiger partial charge is 0.480 e. The van der Waals surface area contributed by atoms with Crippen LogP contribution in [0.15, 0.2) is 0 Å². The summed E-state index contributed by atoms with van der Waals surface area (Å²) in [5, 5.41) is 12.2. The smallest absolute Gasteiger partial charge is 0.406 e. The van der Waals surface area contributed by atoms with E-state index in [1.54, 1.807) is 0 Å². The van der Waals surface area contributed by atoms with E-state index in [0.717, 1.165) is 0 Å². The predicted octanol–water partition coefficient (Wildman–Crippen LogP) is 0.170. The Hall–Kier alpha value is -2.00. The fraction of sp³-hybridized carbons (Fsp3) is 0.700. The summed E-state index contributed by atoms with van der Waals surface area (Å²) in [7, 11) is 0. The van der Waals surface area contributed by atoms with Crippen LogP contribution in [0.2, 0.25) is 0 Å². The summed E-state index contributed by atoms with van der Waals surface area (Å²) >= 11 is 0. The third-order valence-electron chi connectivity index (χ3n) is 2.07. The Labute approximate surface area is 113 Å². The first-order chi connectivity index (χ1) is 9.03. The molecule has 0 aliphatic rings. The summed E-state index contributed by atoms with van der Waals surface area (Å²) in [5.41, 5.74) is 0. The number of carboxylic acids is 1. The van der Waals surface area contributed by atoms with Crippen LogP contribution in [0.25, 0.3) is 0 Å². The van der Waals surface area contributed by atoms with Crippen molar-refractivity contribution in [3.8, 4) is 0 Å². The molecule has 0 heterocycles. The van der Waals surface area contributed by atoms with Crippen molar-refractivity contribution >= 4 is 17.9 Å². The summed E-state index contributed by atoms with van der Waals surface area (Å²) in [6.07, 6.45) is -4.55. The Morgan fingerprint density at radius 2 is 1.70 bits per heavy atom. The Kier molecular flexibility index (Phi) is 6.80. The van der Waals surface area contributed by atoms with Gasteiger partial charge in [-0.1, -0.05) is 0 Å². The zero-order valence-electron chi connectivity index (χ0n) is 11.0. The predicted molar refractivity (Wildman–Crippen MR) is 61.9 cm³/mol. The second kappa shape index (κ2) is 7.56. The number of hydrogen-bond acceptors (Lipinski definition) is 3. The van der Waals surface area contributed by atoms with Crippen LogP contribution in [0, 0.1) is 0 Å². The first-order valence-corrected chi connectivity index (χ1v) is 5.62. The van der Waals surface area contributed by atoms with Crippen LogP contribution in [0.5, 0.6) is 0 Å². The van der Waals surface area contributed by atoms with Gasteiger partial charge in [-0.2, -0.15) is 13.2 Å². The van der Waals surface area contributed by atoms with Crippen LogP contribution >= 0.6 is 0 Å². The van der Waals surface area contributed by atoms with Crippen LogP contribution in [0.1, 0.15) is 13.8 Å². The van der Waals surface area contributed by atoms with Crippen molar-refractivity contribution in [3.63, 3.8) is 0 Å². The minimum atomic E-state index is -4.55. The van der Waals surface area contributed by atoms with Crippen molar-refractivity contribution in [3.05, 3.63) is 0 Å². The van der Waals surface area contributed by atoms with Gasteiger partial charge in [-0.3, -0.25) is 9.59 Å². The zero-order valence-corrected chi connectivity index (χ0v) is 11.0. The number of carbonyl (C=O) groups is 3. The summed E-state index contributed by atoms with van der Waals surface area (Å²) in [6, 6.07) is -1.76. The lowest BCUT2D eigenvalue weighted by molar-refractivity contribution is -0.143. The molecule has 0 rings (SSSR count). The Morgan fingerprint density at radius 3 is 2.10 bits per heavy atom. The Morgan fingerprint density at radius 1 is 1.15 bits per heavy atom. The molecule has 0 spiro atoms. The molecule has 0 aromatic rings. The van der Waals surface area contributed by atoms with Gasteiger partial charge in [0.1, 0.15) is 13.1 Å². The second-order valence-corrected chi connectivity index (χ2v) is 4.17. The molecule has 0 unspecified atom stereocenters. The molecule has 3 amide bonds. The van der Waals surface area contributed by atoms with Crippen molar-refractivity contribution in [1.29, 1.82) is 0 Å². The molecule has 0 atom stereocenters. The van der Waals surface area contributed by atoms with Crippen molar-refractivity contribution in [2.45, 2.75) is 26.1 Å². The summed E-state index contributed by atoms with van der Waals surface area (Å²) in [6.45, 7) is 0.122. The Bertz CT molecular complexity index is 371. The molecule has 7 nitrogen and oxygen atoms in total. The number of carboxylic acid groups (broad SMARTS) is 1. The van der Waals surface area contributed by atoms with E-state index in [1.165, 1.54) is 13.8 Å². The fourth-order valence-electron chi connectivity index (χ4n) is 1.18. The van der Waals surface area contributed by atoms with Gasteiger partial charge in [0.05, 0.1) is 6.54 Å². The maximum absolute atomic E-state index is 12.3. The van der Waals surface area contributed by atoms with Crippen LogP contribution in [0.4, 0.5) is 18.0 Å². The number of nitrogens with zero attached hydrogens (tertiary/aromatic N) is 1. The number of amides is 3. The molecule has 0 saturated heterocycles. The SMILES string of the molecule is CC(C)N(CC(F)(F)F)C(=O)NCC(=O)NCC(=O)O. The molecular weight excluding hydrogens is 283 g/mol. The monoisotopic (exact) mass is 299 g/mol. The van der Waals surface area contributed by atoms with Crippen LogP contribution < -0.4 is 10.6 Å². The first kappa shape index (κ1) is 18.0. The maximum atomic E-state index is 12.3. The average Bonchev–Trinajstić information content (AvgIpc) is 2.28. The molecule has 20 heavy (non-hydrogen) atoms. The van der Waals surface area contributed by atoms with Crippen LogP contribution in [-0.4, -0.2) is 59.8 Å². The number of alkyl halides is 3. The highest BCUT2D eigenvalue weighted by Gasteiger charge is 2.34. The summed E-state index contributed by atoms with van der Waals surface area (Å²) in [5.74, 6) is -2.08. The maximum Gasteiger partial charge on any atom is 0.406 e. The van der Waals surface area contributed by atoms with Gasteiger partial charge in [0, 0.05) is 6.04 Å². The zero-order chi connectivity index (χ0) is 15.9.